The van der Waals surface area contributed by atoms with Gasteiger partial charge in [0.15, 0.2) is 0 Å². The molecule has 1 fully saturated rings. The van der Waals surface area contributed by atoms with E-state index in [9.17, 15) is 27.9 Å². The second kappa shape index (κ2) is 11.5. The van der Waals surface area contributed by atoms with Crippen molar-refractivity contribution in [2.24, 2.45) is 0 Å². The van der Waals surface area contributed by atoms with Crippen LogP contribution in [-0.2, 0) is 4.74 Å². The lowest BCUT2D eigenvalue weighted by atomic mass is 9.97. The lowest BCUT2D eigenvalue weighted by molar-refractivity contribution is -0.0885. The van der Waals surface area contributed by atoms with Gasteiger partial charge in [-0.3, -0.25) is 0 Å². The van der Waals surface area contributed by atoms with Gasteiger partial charge in [-0.2, -0.15) is 0 Å². The normalized spacial score (nSPS) is 20.1. The van der Waals surface area contributed by atoms with Gasteiger partial charge in [0.05, 0.1) is 24.4 Å². The Morgan fingerprint density at radius 3 is 2.42 bits per heavy atom. The summed E-state index contributed by atoms with van der Waals surface area (Å²) < 4.78 is 45.7. The van der Waals surface area contributed by atoms with Crippen molar-refractivity contribution in [2.45, 2.75) is 37.5 Å². The number of nitrogens with one attached hydrogen (secondary N) is 4. The molecule has 178 valence electrons. The smallest absolute Gasteiger partial charge is 0.319 e. The number of hydrogen-bond donors (Lipinski definition) is 5. The van der Waals surface area contributed by atoms with Gasteiger partial charge < -0.3 is 31.1 Å². The van der Waals surface area contributed by atoms with E-state index in [1.54, 1.807) is 0 Å². The maximum absolute atomic E-state index is 13.7. The Balaban J connectivity index is 1.41. The van der Waals surface area contributed by atoms with Crippen LogP contribution in [0.2, 0.25) is 0 Å². The molecule has 8 nitrogen and oxygen atoms in total. The first kappa shape index (κ1) is 24.3. The molecule has 0 saturated carbocycles. The highest BCUT2D eigenvalue weighted by atomic mass is 19.1. The Morgan fingerprint density at radius 2 is 1.70 bits per heavy atom. The van der Waals surface area contributed by atoms with Gasteiger partial charge >= 0.3 is 12.1 Å². The van der Waals surface area contributed by atoms with Crippen LogP contribution in [0.5, 0.6) is 0 Å². The fraction of sp³-hybridized carbons (Fsp3) is 0.364. The fourth-order valence-electron chi connectivity index (χ4n) is 3.48. The van der Waals surface area contributed by atoms with Gasteiger partial charge in [-0.05, 0) is 55.7 Å². The zero-order valence-electron chi connectivity index (χ0n) is 17.6. The van der Waals surface area contributed by atoms with Crippen LogP contribution in [0.15, 0.2) is 42.5 Å². The monoisotopic (exact) mass is 466 g/mol. The quantitative estimate of drug-likeness (QED) is 0.431. The van der Waals surface area contributed by atoms with E-state index >= 15 is 0 Å². The van der Waals surface area contributed by atoms with Crippen molar-refractivity contribution in [1.82, 2.24) is 10.6 Å². The zero-order chi connectivity index (χ0) is 23.8. The Kier molecular flexibility index (Phi) is 8.50. The summed E-state index contributed by atoms with van der Waals surface area (Å²) in [7, 11) is 0. The third-order valence-electron chi connectivity index (χ3n) is 5.14. The largest absolute Gasteiger partial charge is 0.394 e. The summed E-state index contributed by atoms with van der Waals surface area (Å²) >= 11 is 0. The SMILES string of the molecule is O=C(NCC[C@@H]1CC[C@@H](NC(=O)Nc2cc(F)ccc2F)[C@@H](CO)O1)Nc1ccc(F)cc1. The highest BCUT2D eigenvalue weighted by molar-refractivity contribution is 5.90. The molecule has 2 aromatic carbocycles. The zero-order valence-corrected chi connectivity index (χ0v) is 17.6. The molecule has 0 unspecified atom stereocenters. The summed E-state index contributed by atoms with van der Waals surface area (Å²) in [6.07, 6.45) is 0.559. The molecule has 2 aromatic rings. The topological polar surface area (TPSA) is 112 Å². The van der Waals surface area contributed by atoms with Crippen molar-refractivity contribution in [1.29, 1.82) is 0 Å². The average molecular weight is 466 g/mol. The molecule has 0 spiro atoms. The van der Waals surface area contributed by atoms with Crippen LogP contribution in [0.1, 0.15) is 19.3 Å². The number of benzene rings is 2. The lowest BCUT2D eigenvalue weighted by Crippen LogP contribution is -2.52. The summed E-state index contributed by atoms with van der Waals surface area (Å²) in [4.78, 5) is 24.1. The van der Waals surface area contributed by atoms with Crippen LogP contribution in [0.3, 0.4) is 0 Å². The summed E-state index contributed by atoms with van der Waals surface area (Å²) in [5.41, 5.74) is 0.154. The number of ether oxygens (including phenoxy) is 1. The Morgan fingerprint density at radius 1 is 0.970 bits per heavy atom. The molecule has 11 heteroatoms. The Labute approximate surface area is 188 Å². The van der Waals surface area contributed by atoms with E-state index < -0.39 is 41.7 Å². The van der Waals surface area contributed by atoms with E-state index in [4.69, 9.17) is 4.74 Å². The van der Waals surface area contributed by atoms with Gasteiger partial charge in [-0.15, -0.1) is 0 Å². The molecule has 3 rings (SSSR count). The summed E-state index contributed by atoms with van der Waals surface area (Å²) in [5, 5.41) is 19.8. The van der Waals surface area contributed by atoms with Crippen molar-refractivity contribution < 1.29 is 32.6 Å². The van der Waals surface area contributed by atoms with Crippen LogP contribution in [0, 0.1) is 17.5 Å². The van der Waals surface area contributed by atoms with Crippen LogP contribution in [0.25, 0.3) is 0 Å². The molecule has 1 aliphatic heterocycles. The predicted molar refractivity (Wildman–Crippen MR) is 115 cm³/mol. The van der Waals surface area contributed by atoms with E-state index in [0.29, 0.717) is 31.5 Å². The molecule has 0 aliphatic carbocycles. The van der Waals surface area contributed by atoms with Gasteiger partial charge in [-0.1, -0.05) is 0 Å². The average Bonchev–Trinajstić information content (AvgIpc) is 2.78. The number of hydrogen-bond acceptors (Lipinski definition) is 4. The number of urea groups is 2. The molecule has 0 aromatic heterocycles. The van der Waals surface area contributed by atoms with Crippen LogP contribution >= 0.6 is 0 Å². The molecule has 33 heavy (non-hydrogen) atoms. The predicted octanol–water partition coefficient (Wildman–Crippen LogP) is 3.35. The van der Waals surface area contributed by atoms with Crippen molar-refractivity contribution in [3.05, 3.63) is 59.9 Å². The third-order valence-corrected chi connectivity index (χ3v) is 5.14. The van der Waals surface area contributed by atoms with Crippen LogP contribution in [0.4, 0.5) is 34.1 Å². The van der Waals surface area contributed by atoms with E-state index in [-0.39, 0.29) is 18.4 Å². The number of anilines is 2. The van der Waals surface area contributed by atoms with Gasteiger partial charge in [0.25, 0.3) is 0 Å². The summed E-state index contributed by atoms with van der Waals surface area (Å²) in [5.74, 6) is -1.87. The maximum Gasteiger partial charge on any atom is 0.319 e. The highest BCUT2D eigenvalue weighted by Crippen LogP contribution is 2.22. The molecule has 5 N–H and O–H groups in total. The number of rotatable bonds is 7. The lowest BCUT2D eigenvalue weighted by Gasteiger charge is -2.36. The van der Waals surface area contributed by atoms with Gasteiger partial charge in [0.1, 0.15) is 23.6 Å². The van der Waals surface area contributed by atoms with Crippen molar-refractivity contribution in [3.8, 4) is 0 Å². The van der Waals surface area contributed by atoms with Gasteiger partial charge in [-0.25, -0.2) is 22.8 Å². The van der Waals surface area contributed by atoms with Crippen molar-refractivity contribution in [3.63, 3.8) is 0 Å². The van der Waals surface area contributed by atoms with E-state index in [0.717, 1.165) is 18.2 Å². The maximum atomic E-state index is 13.7. The van der Waals surface area contributed by atoms with Crippen molar-refractivity contribution in [2.75, 3.05) is 23.8 Å². The van der Waals surface area contributed by atoms with Gasteiger partial charge in [0, 0.05) is 18.3 Å². The second-order valence-corrected chi connectivity index (χ2v) is 7.56. The first-order valence-corrected chi connectivity index (χ1v) is 10.4. The Hall–Kier alpha value is -3.31. The molecular formula is C22H25F3N4O4. The molecule has 0 bridgehead atoms. The highest BCUT2D eigenvalue weighted by Gasteiger charge is 2.32. The van der Waals surface area contributed by atoms with Crippen LogP contribution < -0.4 is 21.3 Å². The summed E-state index contributed by atoms with van der Waals surface area (Å²) in [6.45, 7) is -0.0540. The molecule has 1 saturated heterocycles. The minimum absolute atomic E-state index is 0.255. The summed E-state index contributed by atoms with van der Waals surface area (Å²) in [6, 6.07) is 6.35. The third kappa shape index (κ3) is 7.36. The number of amides is 4. The Bertz CT molecular complexity index is 961. The van der Waals surface area contributed by atoms with Crippen LogP contribution in [-0.4, -0.2) is 48.6 Å². The van der Waals surface area contributed by atoms with E-state index in [1.165, 1.54) is 24.3 Å². The number of aliphatic hydroxyl groups is 1. The number of carbonyl (C=O) groups excluding carboxylic acids is 2. The number of aliphatic hydroxyl groups excluding tert-OH is 1. The number of carbonyl (C=O) groups is 2. The van der Waals surface area contributed by atoms with E-state index in [2.05, 4.69) is 21.3 Å². The minimum Gasteiger partial charge on any atom is -0.394 e. The first-order chi connectivity index (χ1) is 15.8. The molecular weight excluding hydrogens is 441 g/mol. The first-order valence-electron chi connectivity index (χ1n) is 10.4. The second-order valence-electron chi connectivity index (χ2n) is 7.56. The molecule has 1 heterocycles. The van der Waals surface area contributed by atoms with Gasteiger partial charge in [0.2, 0.25) is 0 Å². The van der Waals surface area contributed by atoms with Crippen molar-refractivity contribution >= 4 is 23.4 Å². The molecule has 3 atom stereocenters. The molecule has 0 radical (unpaired) electrons. The molecule has 1 aliphatic rings. The van der Waals surface area contributed by atoms with E-state index in [1.807, 2.05) is 0 Å². The molecule has 4 amide bonds. The number of halogens is 3. The fourth-order valence-corrected chi connectivity index (χ4v) is 3.48. The standard InChI is InChI=1S/C22H25F3N4O4/c23-13-1-4-15(5-2-13)27-21(31)26-10-9-16-6-8-18(20(12-30)33-16)28-22(32)29-19-11-14(24)3-7-17(19)25/h1-5,7,11,16,18,20,30H,6,8-10,12H2,(H2,26,27,31)(H2,28,29,32)/t16-,18+,20+/m0/s1. The minimum atomic E-state index is -0.777.